The van der Waals surface area contributed by atoms with Crippen molar-refractivity contribution < 1.29 is 22.7 Å². The fraction of sp³-hybridized carbons (Fsp3) is 0.167. The summed E-state index contributed by atoms with van der Waals surface area (Å²) in [4.78, 5) is 12.7. The predicted molar refractivity (Wildman–Crippen MR) is 136 cm³/mol. The van der Waals surface area contributed by atoms with Gasteiger partial charge in [0, 0.05) is 22.2 Å². The van der Waals surface area contributed by atoms with Crippen molar-refractivity contribution in [2.24, 2.45) is 5.10 Å². The molecule has 0 aliphatic carbocycles. The molecule has 11 heteroatoms. The van der Waals surface area contributed by atoms with Gasteiger partial charge in [-0.1, -0.05) is 35.3 Å². The molecule has 1 N–H and O–H groups in total. The highest BCUT2D eigenvalue weighted by molar-refractivity contribution is 7.89. The van der Waals surface area contributed by atoms with Gasteiger partial charge in [0.1, 0.15) is 11.5 Å². The van der Waals surface area contributed by atoms with Crippen molar-refractivity contribution in [2.75, 3.05) is 20.8 Å². The molecule has 0 unspecified atom stereocenters. The second-order valence-electron chi connectivity index (χ2n) is 7.26. The van der Waals surface area contributed by atoms with E-state index in [1.807, 2.05) is 0 Å². The molecule has 8 nitrogen and oxygen atoms in total. The molecule has 0 heterocycles. The molecule has 3 aromatic carbocycles. The number of sulfonamides is 1. The van der Waals surface area contributed by atoms with Crippen LogP contribution in [0.4, 0.5) is 0 Å². The van der Waals surface area contributed by atoms with E-state index >= 15 is 0 Å². The van der Waals surface area contributed by atoms with E-state index in [0.29, 0.717) is 32.7 Å². The molecule has 0 aliphatic rings. The lowest BCUT2D eigenvalue weighted by atomic mass is 10.2. The van der Waals surface area contributed by atoms with Crippen LogP contribution in [0.5, 0.6) is 11.5 Å². The van der Waals surface area contributed by atoms with Crippen LogP contribution in [-0.2, 0) is 21.4 Å². The quantitative estimate of drug-likeness (QED) is 0.307. The molecule has 0 saturated heterocycles. The minimum atomic E-state index is -4.04. The van der Waals surface area contributed by atoms with E-state index in [2.05, 4.69) is 10.5 Å². The number of hydrazone groups is 1. The van der Waals surface area contributed by atoms with Crippen LogP contribution in [0.1, 0.15) is 11.1 Å². The maximum atomic E-state index is 13.3. The van der Waals surface area contributed by atoms with Gasteiger partial charge in [0.05, 0.1) is 31.9 Å². The van der Waals surface area contributed by atoms with Crippen LogP contribution in [0.3, 0.4) is 0 Å². The summed E-state index contributed by atoms with van der Waals surface area (Å²) < 4.78 is 38.1. The number of rotatable bonds is 10. The summed E-state index contributed by atoms with van der Waals surface area (Å²) in [5, 5.41) is 4.79. The second kappa shape index (κ2) is 12.0. The normalized spacial score (nSPS) is 11.6. The molecule has 0 fully saturated rings. The summed E-state index contributed by atoms with van der Waals surface area (Å²) in [5.41, 5.74) is 3.55. The predicted octanol–water partition coefficient (Wildman–Crippen LogP) is 4.35. The molecule has 184 valence electrons. The van der Waals surface area contributed by atoms with E-state index < -0.39 is 22.5 Å². The van der Waals surface area contributed by atoms with Crippen LogP contribution in [0.2, 0.25) is 10.0 Å². The lowest BCUT2D eigenvalue weighted by Crippen LogP contribution is -2.39. The fourth-order valence-corrected chi connectivity index (χ4v) is 4.85. The number of nitrogens with zero attached hydrogens (tertiary/aromatic N) is 2. The Balaban J connectivity index is 1.81. The van der Waals surface area contributed by atoms with E-state index in [4.69, 9.17) is 32.7 Å². The van der Waals surface area contributed by atoms with E-state index in [0.717, 1.165) is 4.31 Å². The van der Waals surface area contributed by atoms with Gasteiger partial charge in [0.2, 0.25) is 10.0 Å². The van der Waals surface area contributed by atoms with Gasteiger partial charge in [-0.05, 0) is 60.2 Å². The van der Waals surface area contributed by atoms with Crippen molar-refractivity contribution in [2.45, 2.75) is 11.4 Å². The van der Waals surface area contributed by atoms with Crippen LogP contribution in [0.25, 0.3) is 0 Å². The number of amides is 1. The SMILES string of the molecule is COc1ccc(OC)c(/C=N\NC(=O)CN(Cc2cccc(Cl)c2)S(=O)(=O)c2ccc(Cl)cc2)c1. The fourth-order valence-electron chi connectivity index (χ4n) is 3.13. The number of carbonyl (C=O) groups excluding carboxylic acids is 1. The van der Waals surface area contributed by atoms with Crippen LogP contribution in [-0.4, -0.2) is 45.6 Å². The van der Waals surface area contributed by atoms with E-state index in [9.17, 15) is 13.2 Å². The van der Waals surface area contributed by atoms with Gasteiger partial charge in [-0.3, -0.25) is 4.79 Å². The third-order valence-electron chi connectivity index (χ3n) is 4.85. The highest BCUT2D eigenvalue weighted by atomic mass is 35.5. The Morgan fingerprint density at radius 3 is 2.40 bits per heavy atom. The van der Waals surface area contributed by atoms with E-state index in [1.54, 1.807) is 42.5 Å². The first kappa shape index (κ1) is 26.5. The van der Waals surface area contributed by atoms with Crippen LogP contribution >= 0.6 is 23.2 Å². The molecule has 0 bridgehead atoms. The molecule has 1 amide bonds. The summed E-state index contributed by atoms with van der Waals surface area (Å²) >= 11 is 12.0. The Morgan fingerprint density at radius 2 is 1.74 bits per heavy atom. The highest BCUT2D eigenvalue weighted by Gasteiger charge is 2.27. The van der Waals surface area contributed by atoms with E-state index in [1.165, 1.54) is 44.7 Å². The molecule has 35 heavy (non-hydrogen) atoms. The molecular formula is C24H23Cl2N3O5S. The molecule has 0 aromatic heterocycles. The van der Waals surface area contributed by atoms with Crippen molar-refractivity contribution in [1.82, 2.24) is 9.73 Å². The van der Waals surface area contributed by atoms with Gasteiger partial charge in [-0.15, -0.1) is 0 Å². The number of methoxy groups -OCH3 is 2. The summed E-state index contributed by atoms with van der Waals surface area (Å²) in [6.45, 7) is -0.559. The third-order valence-corrected chi connectivity index (χ3v) is 7.14. The minimum absolute atomic E-state index is 0.00125. The number of carbonyl (C=O) groups is 1. The van der Waals surface area contributed by atoms with Crippen molar-refractivity contribution in [3.63, 3.8) is 0 Å². The zero-order chi connectivity index (χ0) is 25.4. The first-order chi connectivity index (χ1) is 16.7. The Morgan fingerprint density at radius 1 is 1.00 bits per heavy atom. The topological polar surface area (TPSA) is 97.3 Å². The van der Waals surface area contributed by atoms with Crippen molar-refractivity contribution >= 4 is 45.3 Å². The molecular weight excluding hydrogens is 513 g/mol. The van der Waals surface area contributed by atoms with Gasteiger partial charge in [0.15, 0.2) is 0 Å². The lowest BCUT2D eigenvalue weighted by Gasteiger charge is -2.21. The number of benzene rings is 3. The monoisotopic (exact) mass is 535 g/mol. The summed E-state index contributed by atoms with van der Waals surface area (Å²) in [7, 11) is -1.00. The number of ether oxygens (including phenoxy) is 2. The number of halogens is 2. The molecule has 0 radical (unpaired) electrons. The zero-order valence-electron chi connectivity index (χ0n) is 18.9. The van der Waals surface area contributed by atoms with Crippen LogP contribution in [0.15, 0.2) is 76.7 Å². The van der Waals surface area contributed by atoms with Crippen molar-refractivity contribution in [1.29, 1.82) is 0 Å². The van der Waals surface area contributed by atoms with Gasteiger partial charge >= 0.3 is 0 Å². The van der Waals surface area contributed by atoms with Crippen LogP contribution in [0, 0.1) is 0 Å². The number of nitrogens with one attached hydrogen (secondary N) is 1. The summed E-state index contributed by atoms with van der Waals surface area (Å²) in [6, 6.07) is 17.6. The van der Waals surface area contributed by atoms with Gasteiger partial charge in [-0.2, -0.15) is 9.41 Å². The second-order valence-corrected chi connectivity index (χ2v) is 10.1. The third kappa shape index (κ3) is 7.19. The minimum Gasteiger partial charge on any atom is -0.497 e. The molecule has 0 saturated carbocycles. The standard InChI is InChI=1S/C24H23Cl2N3O5S/c1-33-21-8-11-23(34-2)18(13-21)14-27-28-24(30)16-29(15-17-4-3-5-20(26)12-17)35(31,32)22-9-6-19(25)7-10-22/h3-14H,15-16H2,1-2H3,(H,28,30)/b27-14-. The average Bonchev–Trinajstić information content (AvgIpc) is 2.84. The largest absolute Gasteiger partial charge is 0.497 e. The van der Waals surface area contributed by atoms with Gasteiger partial charge in [-0.25, -0.2) is 13.8 Å². The molecule has 3 rings (SSSR count). The first-order valence-electron chi connectivity index (χ1n) is 10.3. The maximum Gasteiger partial charge on any atom is 0.255 e. The molecule has 0 aliphatic heterocycles. The number of hydrogen-bond acceptors (Lipinski definition) is 6. The Kier molecular flexibility index (Phi) is 9.11. The Hall–Kier alpha value is -3.11. The Labute approximate surface area is 214 Å². The molecule has 0 spiro atoms. The highest BCUT2D eigenvalue weighted by Crippen LogP contribution is 2.23. The van der Waals surface area contributed by atoms with Gasteiger partial charge < -0.3 is 9.47 Å². The smallest absolute Gasteiger partial charge is 0.255 e. The van der Waals surface area contributed by atoms with Crippen molar-refractivity contribution in [3.05, 3.63) is 87.9 Å². The van der Waals surface area contributed by atoms with E-state index in [-0.39, 0.29) is 11.4 Å². The lowest BCUT2D eigenvalue weighted by molar-refractivity contribution is -0.121. The number of hydrogen-bond donors (Lipinski definition) is 1. The zero-order valence-corrected chi connectivity index (χ0v) is 21.3. The van der Waals surface area contributed by atoms with Crippen LogP contribution < -0.4 is 14.9 Å². The van der Waals surface area contributed by atoms with Crippen molar-refractivity contribution in [3.8, 4) is 11.5 Å². The first-order valence-corrected chi connectivity index (χ1v) is 12.5. The summed E-state index contributed by atoms with van der Waals surface area (Å²) in [6.07, 6.45) is 1.38. The molecule has 3 aromatic rings. The van der Waals surface area contributed by atoms with Gasteiger partial charge in [0.25, 0.3) is 5.91 Å². The maximum absolute atomic E-state index is 13.3. The Bertz CT molecular complexity index is 1310. The average molecular weight is 536 g/mol. The molecule has 0 atom stereocenters. The summed E-state index contributed by atoms with van der Waals surface area (Å²) in [5.74, 6) is 0.472.